The fraction of sp³-hybridized carbons (Fsp3) is 0. The highest BCUT2D eigenvalue weighted by molar-refractivity contribution is 6.27. The van der Waals surface area contributed by atoms with Crippen LogP contribution in [0, 0.1) is 22.7 Å². The third-order valence-electron chi connectivity index (χ3n) is 4.72. The van der Waals surface area contributed by atoms with Crippen LogP contribution in [0.4, 0.5) is 0 Å². The summed E-state index contributed by atoms with van der Waals surface area (Å²) >= 11 is 0. The number of rotatable bonds is 10. The van der Waals surface area contributed by atoms with Crippen molar-refractivity contribution in [1.29, 1.82) is 10.5 Å². The van der Waals surface area contributed by atoms with Crippen LogP contribution >= 0.6 is 0 Å². The Hall–Kier alpha value is -5.25. The number of ketones is 1. The van der Waals surface area contributed by atoms with Gasteiger partial charge < -0.3 is 0 Å². The average molecular weight is 467 g/mol. The van der Waals surface area contributed by atoms with E-state index in [-0.39, 0.29) is 11.4 Å². The van der Waals surface area contributed by atoms with Gasteiger partial charge in [0.1, 0.15) is 17.7 Å². The zero-order valence-electron chi connectivity index (χ0n) is 19.9. The summed E-state index contributed by atoms with van der Waals surface area (Å²) in [6.07, 6.45) is 37.6. The minimum atomic E-state index is -0.185. The molecule has 0 amide bonds. The number of Topliss-reactive ketones (excluding diaryl/α,β-unsaturated/α-hetero) is 1. The molecular weight excluding hydrogens is 440 g/mol. The van der Waals surface area contributed by atoms with Crippen LogP contribution in [0.5, 0.6) is 0 Å². The molecule has 3 heteroatoms. The van der Waals surface area contributed by atoms with Gasteiger partial charge in [0.05, 0.1) is 0 Å². The number of hydrogen-bond donors (Lipinski definition) is 0. The van der Waals surface area contributed by atoms with Crippen LogP contribution in [0.3, 0.4) is 0 Å². The minimum absolute atomic E-state index is 0.0658. The Labute approximate surface area is 213 Å². The van der Waals surface area contributed by atoms with Gasteiger partial charge in [-0.05, 0) is 5.56 Å². The standard InChI is InChI=1S/C33H26N2O/c1-2-3-4-5-6-7-8-9-10-11-12-13-14-15-16-17-18-19-20-25-31-32(28(26-34)27-35)29-23-21-22-24-30(29)33(31)36/h2-25H,1H2/b4-3+,6-5+,8-7+,10-9+,12-11+,14-13+,16-15+,18-17+,20-19+,31-25+. The lowest BCUT2D eigenvalue weighted by molar-refractivity contribution is 0.104. The van der Waals surface area contributed by atoms with E-state index in [4.69, 9.17) is 0 Å². The Morgan fingerprint density at radius 1 is 0.611 bits per heavy atom. The van der Waals surface area contributed by atoms with Crippen LogP contribution in [0.1, 0.15) is 15.9 Å². The topological polar surface area (TPSA) is 64.7 Å². The van der Waals surface area contributed by atoms with Crippen molar-refractivity contribution in [2.75, 3.05) is 0 Å². The number of fused-ring (bicyclic) bond motifs is 1. The van der Waals surface area contributed by atoms with E-state index in [9.17, 15) is 15.3 Å². The molecule has 0 atom stereocenters. The number of benzene rings is 1. The molecule has 0 heterocycles. The number of allylic oxidation sites excluding steroid dienone is 23. The van der Waals surface area contributed by atoms with E-state index in [1.165, 1.54) is 0 Å². The van der Waals surface area contributed by atoms with E-state index >= 15 is 0 Å². The second-order valence-electron chi connectivity index (χ2n) is 7.13. The molecule has 0 aliphatic heterocycles. The molecule has 2 rings (SSSR count). The Balaban J connectivity index is 1.88. The predicted octanol–water partition coefficient (Wildman–Crippen LogP) is 7.80. The highest BCUT2D eigenvalue weighted by atomic mass is 16.1. The Kier molecular flexibility index (Phi) is 12.3. The fourth-order valence-corrected chi connectivity index (χ4v) is 3.12. The summed E-state index contributed by atoms with van der Waals surface area (Å²) in [5, 5.41) is 18.6. The van der Waals surface area contributed by atoms with Gasteiger partial charge in [-0.25, -0.2) is 0 Å². The third kappa shape index (κ3) is 8.60. The van der Waals surface area contributed by atoms with E-state index in [2.05, 4.69) is 6.58 Å². The summed E-state index contributed by atoms with van der Waals surface area (Å²) in [6, 6.07) is 10.8. The highest BCUT2D eigenvalue weighted by Gasteiger charge is 2.31. The van der Waals surface area contributed by atoms with Crippen LogP contribution in [-0.4, -0.2) is 5.78 Å². The van der Waals surface area contributed by atoms with E-state index in [0.717, 1.165) is 0 Å². The monoisotopic (exact) mass is 466 g/mol. The third-order valence-corrected chi connectivity index (χ3v) is 4.72. The molecular formula is C33H26N2O. The van der Waals surface area contributed by atoms with E-state index in [1.54, 1.807) is 48.6 Å². The van der Waals surface area contributed by atoms with Crippen molar-refractivity contribution in [3.05, 3.63) is 175 Å². The van der Waals surface area contributed by atoms with Crippen LogP contribution in [-0.2, 0) is 0 Å². The molecule has 0 saturated heterocycles. The zero-order chi connectivity index (χ0) is 25.8. The molecule has 36 heavy (non-hydrogen) atoms. The maximum absolute atomic E-state index is 12.8. The largest absolute Gasteiger partial charge is 0.289 e. The number of hydrogen-bond acceptors (Lipinski definition) is 3. The minimum Gasteiger partial charge on any atom is -0.289 e. The maximum Gasteiger partial charge on any atom is 0.194 e. The predicted molar refractivity (Wildman–Crippen MR) is 149 cm³/mol. The summed E-state index contributed by atoms with van der Waals surface area (Å²) in [4.78, 5) is 12.8. The van der Waals surface area contributed by atoms with Gasteiger partial charge in [-0.2, -0.15) is 10.5 Å². The molecule has 1 aromatic rings. The lowest BCUT2D eigenvalue weighted by Crippen LogP contribution is -1.95. The Morgan fingerprint density at radius 2 is 1.00 bits per heavy atom. The van der Waals surface area contributed by atoms with Crippen molar-refractivity contribution in [2.45, 2.75) is 0 Å². The summed E-state index contributed by atoms with van der Waals surface area (Å²) in [7, 11) is 0. The van der Waals surface area contributed by atoms with Gasteiger partial charge in [-0.3, -0.25) is 4.79 Å². The van der Waals surface area contributed by atoms with Crippen molar-refractivity contribution < 1.29 is 4.79 Å². The molecule has 3 nitrogen and oxygen atoms in total. The van der Waals surface area contributed by atoms with Crippen LogP contribution in [0.15, 0.2) is 164 Å². The van der Waals surface area contributed by atoms with Crippen LogP contribution < -0.4 is 0 Å². The van der Waals surface area contributed by atoms with Crippen molar-refractivity contribution >= 4 is 11.4 Å². The number of carbonyl (C=O) groups is 1. The maximum atomic E-state index is 12.8. The Morgan fingerprint density at radius 3 is 1.42 bits per heavy atom. The molecule has 0 radical (unpaired) electrons. The molecule has 0 bridgehead atoms. The molecule has 0 N–H and O–H groups in total. The second-order valence-corrected chi connectivity index (χ2v) is 7.13. The first kappa shape index (κ1) is 27.0. The van der Waals surface area contributed by atoms with E-state index < -0.39 is 0 Å². The first-order valence-corrected chi connectivity index (χ1v) is 11.3. The molecule has 0 spiro atoms. The smallest absolute Gasteiger partial charge is 0.194 e. The number of carbonyl (C=O) groups excluding carboxylic acids is 1. The van der Waals surface area contributed by atoms with Gasteiger partial charge >= 0.3 is 0 Å². The summed E-state index contributed by atoms with van der Waals surface area (Å²) in [6.45, 7) is 3.61. The lowest BCUT2D eigenvalue weighted by atomic mass is 9.99. The quantitative estimate of drug-likeness (QED) is 0.201. The van der Waals surface area contributed by atoms with Crippen molar-refractivity contribution in [3.8, 4) is 12.1 Å². The average Bonchev–Trinajstić information content (AvgIpc) is 3.18. The molecule has 1 aromatic carbocycles. The first-order chi connectivity index (χ1) is 17.7. The molecule has 1 aliphatic rings. The summed E-state index contributed by atoms with van der Waals surface area (Å²) < 4.78 is 0. The van der Waals surface area contributed by atoms with E-state index in [1.807, 2.05) is 109 Å². The van der Waals surface area contributed by atoms with Gasteiger partial charge in [-0.1, -0.05) is 152 Å². The molecule has 0 saturated carbocycles. The van der Waals surface area contributed by atoms with Crippen molar-refractivity contribution in [1.82, 2.24) is 0 Å². The van der Waals surface area contributed by atoms with Crippen LogP contribution in [0.2, 0.25) is 0 Å². The normalized spacial score (nSPS) is 15.4. The first-order valence-electron chi connectivity index (χ1n) is 11.3. The highest BCUT2D eigenvalue weighted by Crippen LogP contribution is 2.38. The van der Waals surface area contributed by atoms with Crippen molar-refractivity contribution in [2.24, 2.45) is 0 Å². The Bertz CT molecular complexity index is 1350. The van der Waals surface area contributed by atoms with Gasteiger partial charge in [0.25, 0.3) is 0 Å². The molecule has 0 unspecified atom stereocenters. The summed E-state index contributed by atoms with van der Waals surface area (Å²) in [5.41, 5.74) is 1.81. The van der Waals surface area contributed by atoms with Crippen LogP contribution in [0.25, 0.3) is 5.57 Å². The van der Waals surface area contributed by atoms with Gasteiger partial charge in [-0.15, -0.1) is 0 Å². The van der Waals surface area contributed by atoms with Gasteiger partial charge in [0, 0.05) is 16.7 Å². The SMILES string of the molecule is C=C/C=C/C=C/C=C/C=C/C=C/C=C/C=C/C=C/C=C/C=C1/C(=O)c2ccccc2C1=C(C#N)C#N. The van der Waals surface area contributed by atoms with Gasteiger partial charge in [0.2, 0.25) is 0 Å². The summed E-state index contributed by atoms with van der Waals surface area (Å²) in [5.74, 6) is -0.185. The number of nitriles is 2. The molecule has 174 valence electrons. The zero-order valence-corrected chi connectivity index (χ0v) is 19.9. The van der Waals surface area contributed by atoms with Gasteiger partial charge in [0.15, 0.2) is 5.78 Å². The molecule has 0 aromatic heterocycles. The fourth-order valence-electron chi connectivity index (χ4n) is 3.12. The molecule has 1 aliphatic carbocycles. The van der Waals surface area contributed by atoms with Crippen molar-refractivity contribution in [3.63, 3.8) is 0 Å². The molecule has 0 fully saturated rings. The number of nitrogens with zero attached hydrogens (tertiary/aromatic N) is 2. The van der Waals surface area contributed by atoms with E-state index in [0.29, 0.717) is 22.3 Å². The lowest BCUT2D eigenvalue weighted by Gasteiger charge is -2.00. The second kappa shape index (κ2) is 16.4.